The Morgan fingerprint density at radius 2 is 1.95 bits per heavy atom. The molecule has 1 unspecified atom stereocenters. The number of primary amides is 1. The molecule has 2 amide bonds. The largest absolute Gasteiger partial charge is 0.378 e. The molecule has 0 aromatic carbocycles. The van der Waals surface area contributed by atoms with E-state index in [0.717, 1.165) is 51.8 Å². The van der Waals surface area contributed by atoms with E-state index in [0.29, 0.717) is 6.42 Å². The second-order valence-electron chi connectivity index (χ2n) is 5.66. The summed E-state index contributed by atoms with van der Waals surface area (Å²) in [7, 11) is 0. The Kier molecular flexibility index (Phi) is 5.79. The molecule has 0 aliphatic carbocycles. The minimum absolute atomic E-state index is 0.00241. The summed E-state index contributed by atoms with van der Waals surface area (Å²) < 4.78 is 5.62. The van der Waals surface area contributed by atoms with Gasteiger partial charge in [-0.25, -0.2) is 0 Å². The van der Waals surface area contributed by atoms with Crippen LogP contribution in [-0.4, -0.2) is 55.1 Å². The fraction of sp³-hybridized carbons (Fsp3) is 0.857. The maximum atomic E-state index is 12.5. The van der Waals surface area contributed by atoms with Gasteiger partial charge in [-0.1, -0.05) is 0 Å². The first-order valence-electron chi connectivity index (χ1n) is 7.57. The SMILES string of the molecule is NC(=O)CN(C(=O)CC1CCCCO1)C1CCNCC1. The summed E-state index contributed by atoms with van der Waals surface area (Å²) in [5.74, 6) is -0.441. The van der Waals surface area contributed by atoms with E-state index in [4.69, 9.17) is 10.5 Å². The lowest BCUT2D eigenvalue weighted by Crippen LogP contribution is -2.50. The van der Waals surface area contributed by atoms with Crippen molar-refractivity contribution < 1.29 is 14.3 Å². The smallest absolute Gasteiger partial charge is 0.237 e. The summed E-state index contributed by atoms with van der Waals surface area (Å²) in [4.78, 5) is 25.4. The van der Waals surface area contributed by atoms with E-state index in [1.165, 1.54) is 0 Å². The molecule has 2 aliphatic rings. The number of hydrogen-bond donors (Lipinski definition) is 2. The van der Waals surface area contributed by atoms with Crippen LogP contribution in [0.25, 0.3) is 0 Å². The van der Waals surface area contributed by atoms with E-state index in [1.54, 1.807) is 4.90 Å². The van der Waals surface area contributed by atoms with E-state index in [1.807, 2.05) is 0 Å². The van der Waals surface area contributed by atoms with Crippen LogP contribution in [0.5, 0.6) is 0 Å². The molecule has 2 saturated heterocycles. The molecule has 0 bridgehead atoms. The van der Waals surface area contributed by atoms with Crippen LogP contribution < -0.4 is 11.1 Å². The van der Waals surface area contributed by atoms with Crippen molar-refractivity contribution >= 4 is 11.8 Å². The third-order valence-corrected chi connectivity index (χ3v) is 4.07. The standard InChI is InChI=1S/C14H25N3O3/c15-13(18)10-17(11-4-6-16-7-5-11)14(19)9-12-3-1-2-8-20-12/h11-12,16H,1-10H2,(H2,15,18). The highest BCUT2D eigenvalue weighted by Gasteiger charge is 2.28. The number of nitrogens with two attached hydrogens (primary N) is 1. The molecule has 6 heteroatoms. The van der Waals surface area contributed by atoms with E-state index >= 15 is 0 Å². The molecule has 1 atom stereocenters. The van der Waals surface area contributed by atoms with Crippen molar-refractivity contribution in [2.75, 3.05) is 26.2 Å². The molecule has 0 spiro atoms. The van der Waals surface area contributed by atoms with Crippen LogP contribution in [-0.2, 0) is 14.3 Å². The van der Waals surface area contributed by atoms with Gasteiger partial charge in [0.15, 0.2) is 0 Å². The Bertz CT molecular complexity index is 337. The number of piperidine rings is 1. The minimum atomic E-state index is -0.443. The van der Waals surface area contributed by atoms with E-state index in [-0.39, 0.29) is 24.6 Å². The van der Waals surface area contributed by atoms with Crippen LogP contribution in [0.2, 0.25) is 0 Å². The predicted octanol–water partition coefficient (Wildman–Crippen LogP) is 0.0115. The van der Waals surface area contributed by atoms with Gasteiger partial charge in [-0.3, -0.25) is 9.59 Å². The average Bonchev–Trinajstić information content (AvgIpc) is 2.46. The molecule has 2 aliphatic heterocycles. The first kappa shape index (κ1) is 15.3. The molecule has 114 valence electrons. The van der Waals surface area contributed by atoms with Crippen LogP contribution >= 0.6 is 0 Å². The number of nitrogens with one attached hydrogen (secondary N) is 1. The fourth-order valence-corrected chi connectivity index (χ4v) is 2.99. The number of carbonyl (C=O) groups excluding carboxylic acids is 2. The van der Waals surface area contributed by atoms with Crippen LogP contribution in [0.3, 0.4) is 0 Å². The normalized spacial score (nSPS) is 24.3. The Hall–Kier alpha value is -1.14. The highest BCUT2D eigenvalue weighted by atomic mass is 16.5. The van der Waals surface area contributed by atoms with Gasteiger partial charge in [0.25, 0.3) is 0 Å². The number of amides is 2. The second kappa shape index (κ2) is 7.59. The van der Waals surface area contributed by atoms with Gasteiger partial charge in [0.2, 0.25) is 11.8 Å². The Morgan fingerprint density at radius 3 is 2.55 bits per heavy atom. The lowest BCUT2D eigenvalue weighted by molar-refractivity contribution is -0.141. The Morgan fingerprint density at radius 1 is 1.20 bits per heavy atom. The molecule has 6 nitrogen and oxygen atoms in total. The van der Waals surface area contributed by atoms with Crippen molar-refractivity contribution in [2.45, 2.75) is 50.7 Å². The van der Waals surface area contributed by atoms with E-state index in [9.17, 15) is 9.59 Å². The number of rotatable bonds is 5. The lowest BCUT2D eigenvalue weighted by Gasteiger charge is -2.35. The van der Waals surface area contributed by atoms with Crippen molar-refractivity contribution in [1.82, 2.24) is 10.2 Å². The van der Waals surface area contributed by atoms with Crippen molar-refractivity contribution in [3.63, 3.8) is 0 Å². The van der Waals surface area contributed by atoms with Gasteiger partial charge in [0.05, 0.1) is 19.1 Å². The summed E-state index contributed by atoms with van der Waals surface area (Å²) in [5.41, 5.74) is 5.29. The number of carbonyl (C=O) groups is 2. The molecule has 2 fully saturated rings. The van der Waals surface area contributed by atoms with Gasteiger partial charge in [0.1, 0.15) is 0 Å². The maximum Gasteiger partial charge on any atom is 0.237 e. The minimum Gasteiger partial charge on any atom is -0.378 e. The van der Waals surface area contributed by atoms with Gasteiger partial charge >= 0.3 is 0 Å². The molecular weight excluding hydrogens is 258 g/mol. The molecule has 0 saturated carbocycles. The zero-order valence-electron chi connectivity index (χ0n) is 12.0. The van der Waals surface area contributed by atoms with Crippen LogP contribution in [0.1, 0.15) is 38.5 Å². The summed E-state index contributed by atoms with van der Waals surface area (Å²) in [6.07, 6.45) is 5.26. The number of nitrogens with zero attached hydrogens (tertiary/aromatic N) is 1. The molecule has 20 heavy (non-hydrogen) atoms. The van der Waals surface area contributed by atoms with Gasteiger partial charge in [0, 0.05) is 12.6 Å². The molecular formula is C14H25N3O3. The summed E-state index contributed by atoms with van der Waals surface area (Å²) in [6.45, 7) is 2.53. The topological polar surface area (TPSA) is 84.7 Å². The quantitative estimate of drug-likeness (QED) is 0.744. The maximum absolute atomic E-state index is 12.5. The van der Waals surface area contributed by atoms with Gasteiger partial charge in [-0.2, -0.15) is 0 Å². The highest BCUT2D eigenvalue weighted by molar-refractivity contribution is 5.84. The molecule has 2 heterocycles. The average molecular weight is 283 g/mol. The van der Waals surface area contributed by atoms with Crippen LogP contribution in [0, 0.1) is 0 Å². The Balaban J connectivity index is 1.93. The van der Waals surface area contributed by atoms with Crippen molar-refractivity contribution in [1.29, 1.82) is 0 Å². The van der Waals surface area contributed by atoms with Crippen molar-refractivity contribution in [3.8, 4) is 0 Å². The predicted molar refractivity (Wildman–Crippen MR) is 75.0 cm³/mol. The zero-order chi connectivity index (χ0) is 14.4. The van der Waals surface area contributed by atoms with Crippen molar-refractivity contribution in [3.05, 3.63) is 0 Å². The van der Waals surface area contributed by atoms with Crippen LogP contribution in [0.15, 0.2) is 0 Å². The molecule has 0 aromatic heterocycles. The number of ether oxygens (including phenoxy) is 1. The third kappa shape index (κ3) is 4.45. The van der Waals surface area contributed by atoms with Crippen molar-refractivity contribution in [2.24, 2.45) is 5.73 Å². The monoisotopic (exact) mass is 283 g/mol. The molecule has 3 N–H and O–H groups in total. The molecule has 2 rings (SSSR count). The van der Waals surface area contributed by atoms with E-state index in [2.05, 4.69) is 5.32 Å². The highest BCUT2D eigenvalue weighted by Crippen LogP contribution is 2.19. The van der Waals surface area contributed by atoms with E-state index < -0.39 is 5.91 Å². The molecule has 0 aromatic rings. The fourth-order valence-electron chi connectivity index (χ4n) is 2.99. The van der Waals surface area contributed by atoms with Gasteiger partial charge in [-0.15, -0.1) is 0 Å². The lowest BCUT2D eigenvalue weighted by atomic mass is 10.0. The Labute approximate surface area is 120 Å². The van der Waals surface area contributed by atoms with Gasteiger partial charge < -0.3 is 20.7 Å². The molecule has 0 radical (unpaired) electrons. The number of hydrogen-bond acceptors (Lipinski definition) is 4. The van der Waals surface area contributed by atoms with Gasteiger partial charge in [-0.05, 0) is 45.2 Å². The zero-order valence-corrected chi connectivity index (χ0v) is 12.0. The first-order valence-corrected chi connectivity index (χ1v) is 7.57. The van der Waals surface area contributed by atoms with Crippen LogP contribution in [0.4, 0.5) is 0 Å². The summed E-state index contributed by atoms with van der Waals surface area (Å²) >= 11 is 0. The third-order valence-electron chi connectivity index (χ3n) is 4.07. The second-order valence-corrected chi connectivity index (χ2v) is 5.66. The summed E-state index contributed by atoms with van der Waals surface area (Å²) in [6, 6.07) is 0.125. The summed E-state index contributed by atoms with van der Waals surface area (Å²) in [5, 5.41) is 3.26. The first-order chi connectivity index (χ1) is 9.66.